The van der Waals surface area contributed by atoms with E-state index in [0.29, 0.717) is 6.04 Å². The molecule has 2 heterocycles. The highest BCUT2D eigenvalue weighted by molar-refractivity contribution is 4.98. The zero-order chi connectivity index (χ0) is 12.8. The van der Waals surface area contributed by atoms with Crippen LogP contribution in [0.15, 0.2) is 12.5 Å². The summed E-state index contributed by atoms with van der Waals surface area (Å²) in [6.07, 6.45) is 7.42. The van der Waals surface area contributed by atoms with E-state index in [1.165, 1.54) is 18.5 Å². The van der Waals surface area contributed by atoms with Crippen LogP contribution >= 0.6 is 0 Å². The van der Waals surface area contributed by atoms with Crippen LogP contribution in [0.1, 0.15) is 38.8 Å². The van der Waals surface area contributed by atoms with E-state index in [1.54, 1.807) is 0 Å². The normalized spacial score (nSPS) is 19.0. The number of ether oxygens (including phenoxy) is 1. The van der Waals surface area contributed by atoms with Gasteiger partial charge in [0.15, 0.2) is 0 Å². The predicted molar refractivity (Wildman–Crippen MR) is 72.4 cm³/mol. The first-order valence-electron chi connectivity index (χ1n) is 7.11. The van der Waals surface area contributed by atoms with Gasteiger partial charge in [0.1, 0.15) is 0 Å². The molecule has 1 aromatic heterocycles. The Bertz CT molecular complexity index is 345. The molecule has 0 spiro atoms. The number of imidazole rings is 1. The van der Waals surface area contributed by atoms with Gasteiger partial charge in [-0.15, -0.1) is 0 Å². The summed E-state index contributed by atoms with van der Waals surface area (Å²) in [5, 5.41) is 3.64. The van der Waals surface area contributed by atoms with E-state index in [9.17, 15) is 0 Å². The molecule has 1 unspecified atom stereocenters. The van der Waals surface area contributed by atoms with Crippen LogP contribution in [0, 0.1) is 5.92 Å². The maximum Gasteiger partial charge on any atom is 0.0948 e. The second-order valence-corrected chi connectivity index (χ2v) is 5.20. The molecular weight excluding hydrogens is 226 g/mol. The highest BCUT2D eigenvalue weighted by Crippen LogP contribution is 2.18. The molecule has 0 radical (unpaired) electrons. The van der Waals surface area contributed by atoms with Crippen LogP contribution in [-0.4, -0.2) is 28.8 Å². The Hall–Kier alpha value is -0.870. The zero-order valence-electron chi connectivity index (χ0n) is 11.6. The van der Waals surface area contributed by atoms with Gasteiger partial charge in [-0.25, -0.2) is 4.98 Å². The van der Waals surface area contributed by atoms with Crippen molar-refractivity contribution in [1.82, 2.24) is 14.9 Å². The summed E-state index contributed by atoms with van der Waals surface area (Å²) >= 11 is 0. The lowest BCUT2D eigenvalue weighted by atomic mass is 9.93. The van der Waals surface area contributed by atoms with E-state index in [4.69, 9.17) is 4.74 Å². The summed E-state index contributed by atoms with van der Waals surface area (Å²) in [6.45, 7) is 8.30. The second-order valence-electron chi connectivity index (χ2n) is 5.20. The molecule has 0 aromatic carbocycles. The molecule has 1 aromatic rings. The summed E-state index contributed by atoms with van der Waals surface area (Å²) in [5.41, 5.74) is 1.29. The first kappa shape index (κ1) is 13.6. The fourth-order valence-electron chi connectivity index (χ4n) is 2.59. The van der Waals surface area contributed by atoms with Crippen molar-refractivity contribution in [2.24, 2.45) is 5.92 Å². The molecule has 0 bridgehead atoms. The molecule has 0 aliphatic carbocycles. The molecule has 4 nitrogen and oxygen atoms in total. The molecular formula is C14H25N3O. The van der Waals surface area contributed by atoms with Gasteiger partial charge in [-0.2, -0.15) is 0 Å². The van der Waals surface area contributed by atoms with E-state index in [0.717, 1.165) is 38.6 Å². The molecule has 0 amide bonds. The fourth-order valence-corrected chi connectivity index (χ4v) is 2.59. The van der Waals surface area contributed by atoms with E-state index in [2.05, 4.69) is 28.7 Å². The molecule has 1 atom stereocenters. The van der Waals surface area contributed by atoms with Crippen molar-refractivity contribution < 1.29 is 4.74 Å². The highest BCUT2D eigenvalue weighted by atomic mass is 16.5. The molecule has 2 rings (SSSR count). The molecule has 0 saturated carbocycles. The van der Waals surface area contributed by atoms with Gasteiger partial charge in [-0.05, 0) is 32.1 Å². The molecule has 1 saturated heterocycles. The lowest BCUT2D eigenvalue weighted by Crippen LogP contribution is -2.36. The van der Waals surface area contributed by atoms with Gasteiger partial charge in [0.2, 0.25) is 0 Å². The monoisotopic (exact) mass is 251 g/mol. The topological polar surface area (TPSA) is 39.1 Å². The summed E-state index contributed by atoms with van der Waals surface area (Å²) in [4.78, 5) is 4.23. The Morgan fingerprint density at radius 2 is 2.28 bits per heavy atom. The third kappa shape index (κ3) is 3.56. The van der Waals surface area contributed by atoms with E-state index in [-0.39, 0.29) is 0 Å². The number of rotatable bonds is 6. The lowest BCUT2D eigenvalue weighted by molar-refractivity contribution is 0.0557. The van der Waals surface area contributed by atoms with Crippen molar-refractivity contribution in [3.8, 4) is 0 Å². The Kier molecular flexibility index (Phi) is 5.20. The maximum absolute atomic E-state index is 5.41. The van der Waals surface area contributed by atoms with Crippen molar-refractivity contribution in [2.45, 2.75) is 52.2 Å². The number of aromatic nitrogens is 2. The first-order valence-corrected chi connectivity index (χ1v) is 7.11. The Balaban J connectivity index is 1.80. The number of nitrogens with one attached hydrogen (secondary N) is 1. The smallest absolute Gasteiger partial charge is 0.0948 e. The first-order chi connectivity index (χ1) is 8.81. The van der Waals surface area contributed by atoms with Gasteiger partial charge < -0.3 is 14.6 Å². The molecule has 1 aliphatic heterocycles. The van der Waals surface area contributed by atoms with Crippen LogP contribution in [0.4, 0.5) is 0 Å². The Morgan fingerprint density at radius 3 is 3.00 bits per heavy atom. The van der Waals surface area contributed by atoms with Crippen LogP contribution in [0.2, 0.25) is 0 Å². The van der Waals surface area contributed by atoms with Crippen molar-refractivity contribution in [1.29, 1.82) is 0 Å². The number of hydrogen-bond donors (Lipinski definition) is 1. The van der Waals surface area contributed by atoms with Gasteiger partial charge in [0.25, 0.3) is 0 Å². The van der Waals surface area contributed by atoms with E-state index < -0.39 is 0 Å². The van der Waals surface area contributed by atoms with Crippen LogP contribution in [0.25, 0.3) is 0 Å². The maximum atomic E-state index is 5.41. The molecule has 1 N–H and O–H groups in total. The number of aryl methyl sites for hydroxylation is 1. The van der Waals surface area contributed by atoms with Gasteiger partial charge in [0.05, 0.1) is 12.0 Å². The number of nitrogens with zero attached hydrogens (tertiary/aromatic N) is 2. The van der Waals surface area contributed by atoms with Crippen LogP contribution in [0.3, 0.4) is 0 Å². The Morgan fingerprint density at radius 1 is 1.50 bits per heavy atom. The summed E-state index contributed by atoms with van der Waals surface area (Å²) in [5.74, 6) is 0.751. The van der Waals surface area contributed by atoms with Crippen molar-refractivity contribution >= 4 is 0 Å². The minimum absolute atomic E-state index is 0.555. The van der Waals surface area contributed by atoms with E-state index >= 15 is 0 Å². The second kappa shape index (κ2) is 6.90. The number of hydrogen-bond acceptors (Lipinski definition) is 3. The average molecular weight is 251 g/mol. The van der Waals surface area contributed by atoms with Crippen molar-refractivity contribution in [3.63, 3.8) is 0 Å². The minimum Gasteiger partial charge on any atom is -0.381 e. The average Bonchev–Trinajstić information content (AvgIpc) is 2.85. The largest absolute Gasteiger partial charge is 0.381 e. The van der Waals surface area contributed by atoms with E-state index in [1.807, 2.05) is 12.5 Å². The third-order valence-electron chi connectivity index (χ3n) is 3.84. The summed E-state index contributed by atoms with van der Waals surface area (Å²) in [6, 6.07) is 0.555. The van der Waals surface area contributed by atoms with Crippen LogP contribution in [-0.2, 0) is 17.8 Å². The molecule has 18 heavy (non-hydrogen) atoms. The molecule has 1 aliphatic rings. The quantitative estimate of drug-likeness (QED) is 0.842. The standard InChI is InChI=1S/C14H25N3O/c1-3-6-17-11-15-9-14(17)10-16-12(2)13-4-7-18-8-5-13/h9,11-13,16H,3-8,10H2,1-2H3. The molecule has 102 valence electrons. The SMILES string of the molecule is CCCn1cncc1CNC(C)C1CCOCC1. The van der Waals surface area contributed by atoms with Crippen molar-refractivity contribution in [3.05, 3.63) is 18.2 Å². The van der Waals surface area contributed by atoms with Gasteiger partial charge in [0, 0.05) is 38.5 Å². The van der Waals surface area contributed by atoms with Gasteiger partial charge in [-0.3, -0.25) is 0 Å². The summed E-state index contributed by atoms with van der Waals surface area (Å²) < 4.78 is 7.65. The van der Waals surface area contributed by atoms with Crippen LogP contribution < -0.4 is 5.32 Å². The minimum atomic E-state index is 0.555. The third-order valence-corrected chi connectivity index (χ3v) is 3.84. The molecule has 1 fully saturated rings. The molecule has 4 heteroatoms. The summed E-state index contributed by atoms with van der Waals surface area (Å²) in [7, 11) is 0. The highest BCUT2D eigenvalue weighted by Gasteiger charge is 2.20. The predicted octanol–water partition coefficient (Wildman–Crippen LogP) is 2.20. The Labute approximate surface area is 110 Å². The fraction of sp³-hybridized carbons (Fsp3) is 0.786. The van der Waals surface area contributed by atoms with Crippen molar-refractivity contribution in [2.75, 3.05) is 13.2 Å². The lowest BCUT2D eigenvalue weighted by Gasteiger charge is -2.28. The van der Waals surface area contributed by atoms with Gasteiger partial charge >= 0.3 is 0 Å². The van der Waals surface area contributed by atoms with Crippen LogP contribution in [0.5, 0.6) is 0 Å². The zero-order valence-corrected chi connectivity index (χ0v) is 11.6. The van der Waals surface area contributed by atoms with Gasteiger partial charge in [-0.1, -0.05) is 6.92 Å².